The first-order valence-electron chi connectivity index (χ1n) is 7.18. The van der Waals surface area contributed by atoms with Crippen molar-refractivity contribution < 1.29 is 9.72 Å². The Morgan fingerprint density at radius 1 is 1.25 bits per heavy atom. The number of rotatable bonds is 4. The second kappa shape index (κ2) is 6.96. The number of nitrogens with one attached hydrogen (secondary N) is 1. The van der Waals surface area contributed by atoms with Crippen molar-refractivity contribution in [1.82, 2.24) is 9.97 Å². The highest BCUT2D eigenvalue weighted by Crippen LogP contribution is 2.26. The normalized spacial score (nSPS) is 11.2. The molecule has 2 aromatic rings. The second-order valence-electron chi connectivity index (χ2n) is 6.14. The largest absolute Gasteiger partial charge is 0.319 e. The summed E-state index contributed by atoms with van der Waals surface area (Å²) in [7, 11) is 0. The zero-order valence-corrected chi connectivity index (χ0v) is 14.7. The van der Waals surface area contributed by atoms with E-state index in [1.807, 2.05) is 27.0 Å². The van der Waals surface area contributed by atoms with Gasteiger partial charge in [0.15, 0.2) is 0 Å². The highest BCUT2D eigenvalue weighted by Gasteiger charge is 2.21. The quantitative estimate of drug-likeness (QED) is 0.515. The van der Waals surface area contributed by atoms with Crippen molar-refractivity contribution in [2.24, 2.45) is 0 Å². The molecule has 0 fully saturated rings. The van der Waals surface area contributed by atoms with Crippen molar-refractivity contribution in [2.75, 3.05) is 11.6 Å². The molecule has 1 aromatic heterocycles. The van der Waals surface area contributed by atoms with Crippen LogP contribution in [-0.4, -0.2) is 27.1 Å². The monoisotopic (exact) mass is 346 g/mol. The minimum atomic E-state index is -0.571. The number of carbonyl (C=O) groups is 1. The number of amides is 1. The van der Waals surface area contributed by atoms with E-state index in [2.05, 4.69) is 15.3 Å². The number of hydrogen-bond acceptors (Lipinski definition) is 6. The van der Waals surface area contributed by atoms with Gasteiger partial charge in [-0.1, -0.05) is 20.8 Å². The summed E-state index contributed by atoms with van der Waals surface area (Å²) < 4.78 is 0. The topological polar surface area (TPSA) is 98.0 Å². The van der Waals surface area contributed by atoms with Crippen LogP contribution in [0.25, 0.3) is 0 Å². The van der Waals surface area contributed by atoms with E-state index in [1.54, 1.807) is 6.07 Å². The molecule has 0 aliphatic heterocycles. The van der Waals surface area contributed by atoms with Crippen LogP contribution in [-0.2, 0) is 5.41 Å². The molecule has 1 aromatic carbocycles. The number of thioether (sulfide) groups is 1. The van der Waals surface area contributed by atoms with Crippen molar-refractivity contribution in [3.63, 3.8) is 0 Å². The minimum Gasteiger partial charge on any atom is -0.319 e. The number of anilines is 1. The number of benzene rings is 1. The fraction of sp³-hybridized carbons (Fsp3) is 0.312. The van der Waals surface area contributed by atoms with Gasteiger partial charge < -0.3 is 5.32 Å². The molecule has 1 heterocycles. The highest BCUT2D eigenvalue weighted by atomic mass is 32.2. The molecule has 0 saturated heterocycles. The number of nitro benzene ring substituents is 1. The van der Waals surface area contributed by atoms with Crippen molar-refractivity contribution in [3.8, 4) is 0 Å². The van der Waals surface area contributed by atoms with Gasteiger partial charge in [-0.25, -0.2) is 9.97 Å². The van der Waals surface area contributed by atoms with Crippen LogP contribution in [0.3, 0.4) is 0 Å². The van der Waals surface area contributed by atoms with Crippen LogP contribution in [0.2, 0.25) is 0 Å². The second-order valence-corrected chi connectivity index (χ2v) is 7.02. The minimum absolute atomic E-state index is 0.00625. The lowest BCUT2D eigenvalue weighted by molar-refractivity contribution is -0.385. The predicted octanol–water partition coefficient (Wildman–Crippen LogP) is 3.66. The van der Waals surface area contributed by atoms with Gasteiger partial charge in [0, 0.05) is 16.4 Å². The van der Waals surface area contributed by atoms with Crippen LogP contribution >= 0.6 is 11.8 Å². The van der Waals surface area contributed by atoms with Crippen LogP contribution in [0.1, 0.15) is 37.0 Å². The molecular weight excluding hydrogens is 328 g/mol. The van der Waals surface area contributed by atoms with Gasteiger partial charge in [-0.3, -0.25) is 14.9 Å². The summed E-state index contributed by atoms with van der Waals surface area (Å²) in [5.74, 6) is 0.0839. The lowest BCUT2D eigenvalue weighted by Crippen LogP contribution is -2.18. The maximum Gasteiger partial charge on any atom is 0.282 e. The average Bonchev–Trinajstić information content (AvgIpc) is 2.53. The molecule has 0 spiro atoms. The van der Waals surface area contributed by atoms with Crippen LogP contribution in [0, 0.1) is 10.1 Å². The van der Waals surface area contributed by atoms with E-state index in [9.17, 15) is 14.9 Å². The molecule has 0 aliphatic carbocycles. The SMILES string of the molecule is CSc1ccc([N+](=O)[O-])c(C(=O)Nc2cnc(C(C)(C)C)nc2)c1. The molecular formula is C16H18N4O3S. The van der Waals surface area contributed by atoms with Crippen molar-refractivity contribution in [3.05, 3.63) is 52.1 Å². The van der Waals surface area contributed by atoms with E-state index in [-0.39, 0.29) is 16.7 Å². The average molecular weight is 346 g/mol. The van der Waals surface area contributed by atoms with Crippen LogP contribution in [0.15, 0.2) is 35.5 Å². The number of carbonyl (C=O) groups excluding carboxylic acids is 1. The summed E-state index contributed by atoms with van der Waals surface area (Å²) in [5.41, 5.74) is -0.0466. The van der Waals surface area contributed by atoms with E-state index in [0.29, 0.717) is 11.5 Å². The Morgan fingerprint density at radius 2 is 1.88 bits per heavy atom. The summed E-state index contributed by atoms with van der Waals surface area (Å²) in [6.45, 7) is 5.95. The molecule has 24 heavy (non-hydrogen) atoms. The summed E-state index contributed by atoms with van der Waals surface area (Å²) in [6, 6.07) is 4.45. The van der Waals surface area contributed by atoms with E-state index >= 15 is 0 Å². The van der Waals surface area contributed by atoms with Gasteiger partial charge in [0.05, 0.1) is 23.0 Å². The van der Waals surface area contributed by atoms with Gasteiger partial charge in [-0.05, 0) is 18.4 Å². The Hall–Kier alpha value is -2.48. The van der Waals surface area contributed by atoms with E-state index in [4.69, 9.17) is 0 Å². The third-order valence-corrected chi connectivity index (χ3v) is 3.95. The Kier molecular flexibility index (Phi) is 5.18. The molecule has 1 N–H and O–H groups in total. The van der Waals surface area contributed by atoms with Gasteiger partial charge >= 0.3 is 0 Å². The zero-order chi connectivity index (χ0) is 17.9. The molecule has 0 radical (unpaired) electrons. The van der Waals surface area contributed by atoms with Gasteiger partial charge in [0.2, 0.25) is 0 Å². The van der Waals surface area contributed by atoms with Gasteiger partial charge in [-0.15, -0.1) is 11.8 Å². The molecule has 126 valence electrons. The van der Waals surface area contributed by atoms with Gasteiger partial charge in [-0.2, -0.15) is 0 Å². The number of nitrogens with zero attached hydrogens (tertiary/aromatic N) is 3. The summed E-state index contributed by atoms with van der Waals surface area (Å²) in [6.07, 6.45) is 4.83. The number of hydrogen-bond donors (Lipinski definition) is 1. The lowest BCUT2D eigenvalue weighted by atomic mass is 9.96. The van der Waals surface area contributed by atoms with E-state index in [1.165, 1.54) is 36.3 Å². The summed E-state index contributed by atoms with van der Waals surface area (Å²) >= 11 is 1.40. The third kappa shape index (κ3) is 4.08. The molecule has 0 unspecified atom stereocenters. The highest BCUT2D eigenvalue weighted by molar-refractivity contribution is 7.98. The summed E-state index contributed by atoms with van der Waals surface area (Å²) in [4.78, 5) is 32.2. The molecule has 0 atom stereocenters. The van der Waals surface area contributed by atoms with Gasteiger partial charge in [0.1, 0.15) is 11.4 Å². The molecule has 7 nitrogen and oxygen atoms in total. The molecule has 0 bridgehead atoms. The molecule has 2 rings (SSSR count). The Morgan fingerprint density at radius 3 is 2.38 bits per heavy atom. The van der Waals surface area contributed by atoms with Crippen LogP contribution in [0.5, 0.6) is 0 Å². The van der Waals surface area contributed by atoms with Crippen molar-refractivity contribution in [1.29, 1.82) is 0 Å². The maximum absolute atomic E-state index is 12.4. The summed E-state index contributed by atoms with van der Waals surface area (Å²) in [5, 5.41) is 13.7. The molecule has 8 heteroatoms. The number of aromatic nitrogens is 2. The van der Waals surface area contributed by atoms with Crippen molar-refractivity contribution in [2.45, 2.75) is 31.1 Å². The Balaban J connectivity index is 2.28. The first-order valence-corrected chi connectivity index (χ1v) is 8.41. The third-order valence-electron chi connectivity index (χ3n) is 3.23. The Bertz CT molecular complexity index is 770. The lowest BCUT2D eigenvalue weighted by Gasteiger charge is -2.16. The number of nitro groups is 1. The fourth-order valence-corrected chi connectivity index (χ4v) is 2.40. The van der Waals surface area contributed by atoms with E-state index < -0.39 is 10.8 Å². The first-order chi connectivity index (χ1) is 11.2. The Labute approximate surface area is 144 Å². The smallest absolute Gasteiger partial charge is 0.282 e. The van der Waals surface area contributed by atoms with Crippen LogP contribution < -0.4 is 5.32 Å². The maximum atomic E-state index is 12.4. The van der Waals surface area contributed by atoms with E-state index in [0.717, 1.165) is 4.90 Å². The predicted molar refractivity (Wildman–Crippen MR) is 93.6 cm³/mol. The van der Waals surface area contributed by atoms with Crippen molar-refractivity contribution >= 4 is 29.0 Å². The first kappa shape index (κ1) is 17.9. The molecule has 0 saturated carbocycles. The molecule has 1 amide bonds. The van der Waals surface area contributed by atoms with Gasteiger partial charge in [0.25, 0.3) is 11.6 Å². The van der Waals surface area contributed by atoms with Crippen LogP contribution in [0.4, 0.5) is 11.4 Å². The standard InChI is InChI=1S/C16H18N4O3S/c1-16(2,3)15-17-8-10(9-18-15)19-14(21)12-7-11(24-4)5-6-13(12)20(22)23/h5-9H,1-4H3,(H,19,21). The zero-order valence-electron chi connectivity index (χ0n) is 13.9. The molecule has 0 aliphatic rings. The fourth-order valence-electron chi connectivity index (χ4n) is 1.96.